The molecule has 2 atom stereocenters. The zero-order chi connectivity index (χ0) is 15.2. The minimum atomic E-state index is -0.538. The number of thiophene rings is 1. The van der Waals surface area contributed by atoms with Crippen molar-refractivity contribution in [2.45, 2.75) is 25.0 Å². The molecule has 1 fully saturated rings. The van der Waals surface area contributed by atoms with Crippen molar-refractivity contribution in [3.8, 4) is 0 Å². The molecule has 3 N–H and O–H groups in total. The fourth-order valence-electron chi connectivity index (χ4n) is 2.38. The molecule has 0 spiro atoms. The van der Waals surface area contributed by atoms with E-state index >= 15 is 0 Å². The van der Waals surface area contributed by atoms with Crippen molar-refractivity contribution in [3.05, 3.63) is 34.8 Å². The largest absolute Gasteiger partial charge is 0.387 e. The van der Waals surface area contributed by atoms with Gasteiger partial charge in [-0.25, -0.2) is 9.97 Å². The lowest BCUT2D eigenvalue weighted by molar-refractivity contribution is 0.0875. The van der Waals surface area contributed by atoms with Crippen molar-refractivity contribution >= 4 is 23.0 Å². The van der Waals surface area contributed by atoms with E-state index in [9.17, 15) is 5.11 Å². The third-order valence-electron chi connectivity index (χ3n) is 3.58. The van der Waals surface area contributed by atoms with Crippen molar-refractivity contribution in [3.63, 3.8) is 0 Å². The molecule has 1 aliphatic heterocycles. The van der Waals surface area contributed by atoms with Crippen molar-refractivity contribution in [1.82, 2.24) is 9.97 Å². The van der Waals surface area contributed by atoms with Crippen LogP contribution in [0, 0.1) is 0 Å². The van der Waals surface area contributed by atoms with E-state index in [1.165, 1.54) is 6.33 Å². The van der Waals surface area contributed by atoms with Gasteiger partial charge in [0.25, 0.3) is 0 Å². The van der Waals surface area contributed by atoms with Gasteiger partial charge < -0.3 is 20.5 Å². The molecule has 1 aliphatic rings. The Bertz CT molecular complexity index is 573. The molecular weight excluding hydrogens is 300 g/mol. The van der Waals surface area contributed by atoms with Crippen molar-refractivity contribution in [1.29, 1.82) is 0 Å². The number of aromatic nitrogens is 2. The van der Waals surface area contributed by atoms with Crippen LogP contribution in [0.2, 0.25) is 0 Å². The van der Waals surface area contributed by atoms with Gasteiger partial charge in [0.2, 0.25) is 0 Å². The van der Waals surface area contributed by atoms with Crippen LogP contribution in [0.1, 0.15) is 24.5 Å². The van der Waals surface area contributed by atoms with Crippen LogP contribution in [0.25, 0.3) is 0 Å². The Morgan fingerprint density at radius 2 is 2.32 bits per heavy atom. The van der Waals surface area contributed by atoms with Crippen LogP contribution in [0.5, 0.6) is 0 Å². The second kappa shape index (κ2) is 7.53. The first-order valence-electron chi connectivity index (χ1n) is 7.41. The Morgan fingerprint density at radius 1 is 1.41 bits per heavy atom. The first-order chi connectivity index (χ1) is 10.8. The molecule has 0 saturated carbocycles. The first kappa shape index (κ1) is 15.2. The Morgan fingerprint density at radius 3 is 3.09 bits per heavy atom. The third-order valence-corrected chi connectivity index (χ3v) is 4.29. The lowest BCUT2D eigenvalue weighted by atomic mass is 10.1. The van der Waals surface area contributed by atoms with E-state index in [1.54, 1.807) is 11.3 Å². The van der Waals surface area contributed by atoms with Crippen LogP contribution in [0.3, 0.4) is 0 Å². The van der Waals surface area contributed by atoms with Crippen molar-refractivity contribution in [2.24, 2.45) is 0 Å². The van der Waals surface area contributed by atoms with Crippen LogP contribution >= 0.6 is 11.3 Å². The highest BCUT2D eigenvalue weighted by atomic mass is 32.1. The highest BCUT2D eigenvalue weighted by molar-refractivity contribution is 7.07. The van der Waals surface area contributed by atoms with Crippen molar-refractivity contribution in [2.75, 3.05) is 30.4 Å². The van der Waals surface area contributed by atoms with Gasteiger partial charge in [0.05, 0.1) is 18.8 Å². The van der Waals surface area contributed by atoms with E-state index in [-0.39, 0.29) is 0 Å². The molecule has 3 heterocycles. The van der Waals surface area contributed by atoms with Gasteiger partial charge in [-0.2, -0.15) is 11.3 Å². The molecule has 2 aromatic rings. The predicted molar refractivity (Wildman–Crippen MR) is 87.3 cm³/mol. The quantitative estimate of drug-likeness (QED) is 0.758. The number of aliphatic hydroxyl groups is 1. The van der Waals surface area contributed by atoms with Gasteiger partial charge in [-0.3, -0.25) is 0 Å². The molecule has 0 amide bonds. The minimum Gasteiger partial charge on any atom is -0.387 e. The summed E-state index contributed by atoms with van der Waals surface area (Å²) in [4.78, 5) is 8.42. The highest BCUT2D eigenvalue weighted by Crippen LogP contribution is 2.18. The highest BCUT2D eigenvalue weighted by Gasteiger charge is 2.14. The maximum Gasteiger partial charge on any atom is 0.131 e. The lowest BCUT2D eigenvalue weighted by Crippen LogP contribution is -2.30. The topological polar surface area (TPSA) is 79.3 Å². The summed E-state index contributed by atoms with van der Waals surface area (Å²) in [5, 5.41) is 20.5. The SMILES string of the molecule is O[C@@H](CNc1cc(N[C@@H]2CCCOC2)ncn1)c1ccsc1. The summed E-state index contributed by atoms with van der Waals surface area (Å²) >= 11 is 1.58. The average molecular weight is 320 g/mol. The molecular formula is C15H20N4O2S. The molecule has 6 nitrogen and oxygen atoms in total. The summed E-state index contributed by atoms with van der Waals surface area (Å²) in [6.45, 7) is 1.97. The van der Waals surface area contributed by atoms with Gasteiger partial charge in [0.1, 0.15) is 18.0 Å². The number of nitrogens with zero attached hydrogens (tertiary/aromatic N) is 2. The van der Waals surface area contributed by atoms with Crippen LogP contribution < -0.4 is 10.6 Å². The molecule has 0 radical (unpaired) electrons. The first-order valence-corrected chi connectivity index (χ1v) is 8.36. The number of aliphatic hydroxyl groups excluding tert-OH is 1. The van der Waals surface area contributed by atoms with E-state index in [0.29, 0.717) is 25.0 Å². The fraction of sp³-hybridized carbons (Fsp3) is 0.467. The van der Waals surface area contributed by atoms with Gasteiger partial charge in [0, 0.05) is 19.2 Å². The summed E-state index contributed by atoms with van der Waals surface area (Å²) in [5.74, 6) is 1.47. The second-order valence-corrected chi connectivity index (χ2v) is 6.08. The molecule has 0 aromatic carbocycles. The molecule has 118 valence electrons. The summed E-state index contributed by atoms with van der Waals surface area (Å²) < 4.78 is 5.45. The number of rotatable bonds is 6. The minimum absolute atomic E-state index is 0.299. The number of ether oxygens (including phenoxy) is 1. The van der Waals surface area contributed by atoms with E-state index in [4.69, 9.17) is 4.74 Å². The molecule has 22 heavy (non-hydrogen) atoms. The van der Waals surface area contributed by atoms with E-state index < -0.39 is 6.10 Å². The summed E-state index contributed by atoms with van der Waals surface area (Å²) in [6.07, 6.45) is 3.14. The molecule has 0 unspecified atom stereocenters. The smallest absolute Gasteiger partial charge is 0.131 e. The van der Waals surface area contributed by atoms with Gasteiger partial charge in [0.15, 0.2) is 0 Å². The van der Waals surface area contributed by atoms with Gasteiger partial charge in [-0.05, 0) is 35.2 Å². The zero-order valence-electron chi connectivity index (χ0n) is 12.2. The van der Waals surface area contributed by atoms with Crippen LogP contribution in [-0.4, -0.2) is 40.9 Å². The second-order valence-electron chi connectivity index (χ2n) is 5.30. The molecule has 7 heteroatoms. The van der Waals surface area contributed by atoms with Gasteiger partial charge in [-0.15, -0.1) is 0 Å². The number of hydrogen-bond donors (Lipinski definition) is 3. The standard InChI is InChI=1S/C15H20N4O2S/c20-13(11-3-5-22-9-11)7-16-14-6-15(18-10-17-14)19-12-2-1-4-21-8-12/h3,5-6,9-10,12-13,20H,1-2,4,7-8H2,(H2,16,17,18,19)/t12-,13+/m1/s1. The summed E-state index contributed by atoms with van der Waals surface area (Å²) in [7, 11) is 0. The van der Waals surface area contributed by atoms with Gasteiger partial charge >= 0.3 is 0 Å². The molecule has 1 saturated heterocycles. The Balaban J connectivity index is 1.54. The number of anilines is 2. The van der Waals surface area contributed by atoms with Crippen molar-refractivity contribution < 1.29 is 9.84 Å². The van der Waals surface area contributed by atoms with Crippen LogP contribution in [0.15, 0.2) is 29.2 Å². The van der Waals surface area contributed by atoms with Crippen LogP contribution in [-0.2, 0) is 4.74 Å². The monoisotopic (exact) mass is 320 g/mol. The van der Waals surface area contributed by atoms with Gasteiger partial charge in [-0.1, -0.05) is 0 Å². The molecule has 3 rings (SSSR count). The zero-order valence-corrected chi connectivity index (χ0v) is 13.1. The normalized spacial score (nSPS) is 19.6. The Labute approximate surface area is 133 Å². The Hall–Kier alpha value is -1.70. The molecule has 0 bridgehead atoms. The summed E-state index contributed by atoms with van der Waals surface area (Å²) in [5.41, 5.74) is 0.921. The maximum absolute atomic E-state index is 10.1. The van der Waals surface area contributed by atoms with E-state index in [0.717, 1.165) is 30.8 Å². The Kier molecular flexibility index (Phi) is 5.20. The predicted octanol–water partition coefficient (Wildman–Crippen LogP) is 2.27. The molecule has 0 aliphatic carbocycles. The fourth-order valence-corrected chi connectivity index (χ4v) is 3.09. The molecule has 2 aromatic heterocycles. The van der Waals surface area contributed by atoms with E-state index in [1.807, 2.05) is 22.9 Å². The summed E-state index contributed by atoms with van der Waals surface area (Å²) in [6, 6.07) is 4.08. The third kappa shape index (κ3) is 4.16. The average Bonchev–Trinajstić information content (AvgIpc) is 3.08. The number of nitrogens with one attached hydrogen (secondary N) is 2. The maximum atomic E-state index is 10.1. The number of hydrogen-bond acceptors (Lipinski definition) is 7. The lowest BCUT2D eigenvalue weighted by Gasteiger charge is -2.23. The van der Waals surface area contributed by atoms with Crippen LogP contribution in [0.4, 0.5) is 11.6 Å². The van der Waals surface area contributed by atoms with E-state index in [2.05, 4.69) is 20.6 Å².